The van der Waals surface area contributed by atoms with Crippen LogP contribution in [0.3, 0.4) is 0 Å². The van der Waals surface area contributed by atoms with Gasteiger partial charge >= 0.3 is 19.8 Å². The third-order valence-electron chi connectivity index (χ3n) is 10.1. The summed E-state index contributed by atoms with van der Waals surface area (Å²) in [5, 5.41) is 18.4. The predicted molar refractivity (Wildman–Crippen MR) is 233 cm³/mol. The molecule has 0 rings (SSSR count). The SMILES string of the molecule is CCCCCC/C=C\C/C=C\CCCCCCCC(=O)OC(COC(=O)CCCCCCCCCCCCCCCCCCCC)COP(=O)(O)OCC(O)CO. The van der Waals surface area contributed by atoms with Gasteiger partial charge in [-0.15, -0.1) is 0 Å². The number of aliphatic hydroxyl groups is 2. The van der Waals surface area contributed by atoms with Gasteiger partial charge in [0.05, 0.1) is 19.8 Å². The number of hydrogen-bond acceptors (Lipinski definition) is 9. The lowest BCUT2D eigenvalue weighted by atomic mass is 10.0. The molecule has 3 N–H and O–H groups in total. The molecule has 3 unspecified atom stereocenters. The van der Waals surface area contributed by atoms with Crippen LogP contribution in [0.4, 0.5) is 0 Å². The van der Waals surface area contributed by atoms with Crippen LogP contribution in [0.1, 0.15) is 219 Å². The van der Waals surface area contributed by atoms with Crippen LogP contribution in [0.5, 0.6) is 0 Å². The van der Waals surface area contributed by atoms with Crippen molar-refractivity contribution in [1.29, 1.82) is 0 Å². The fourth-order valence-electron chi connectivity index (χ4n) is 6.50. The zero-order valence-electron chi connectivity index (χ0n) is 36.6. The maximum atomic E-state index is 12.6. The first-order valence-corrected chi connectivity index (χ1v) is 24.8. The van der Waals surface area contributed by atoms with Crippen LogP contribution in [-0.4, -0.2) is 65.7 Å². The van der Waals surface area contributed by atoms with Gasteiger partial charge in [-0.25, -0.2) is 4.57 Å². The van der Waals surface area contributed by atoms with E-state index in [0.717, 1.165) is 57.8 Å². The lowest BCUT2D eigenvalue weighted by Crippen LogP contribution is -2.29. The summed E-state index contributed by atoms with van der Waals surface area (Å²) >= 11 is 0. The van der Waals surface area contributed by atoms with Crippen molar-refractivity contribution in [3.05, 3.63) is 24.3 Å². The Labute approximate surface area is 348 Å². The summed E-state index contributed by atoms with van der Waals surface area (Å²) in [5.41, 5.74) is 0. The highest BCUT2D eigenvalue weighted by Gasteiger charge is 2.27. The first-order chi connectivity index (χ1) is 27.7. The van der Waals surface area contributed by atoms with Crippen molar-refractivity contribution in [3.8, 4) is 0 Å². The monoisotopic (exact) mass is 831 g/mol. The summed E-state index contributed by atoms with van der Waals surface area (Å²) in [7, 11) is -4.62. The number of hydrogen-bond donors (Lipinski definition) is 3. The van der Waals surface area contributed by atoms with Gasteiger partial charge < -0.3 is 24.6 Å². The third-order valence-corrected chi connectivity index (χ3v) is 11.1. The number of phosphoric ester groups is 1. The quantitative estimate of drug-likeness (QED) is 0.0234. The van der Waals surface area contributed by atoms with Crippen molar-refractivity contribution in [3.63, 3.8) is 0 Å². The van der Waals surface area contributed by atoms with E-state index in [0.29, 0.717) is 12.8 Å². The summed E-state index contributed by atoms with van der Waals surface area (Å²) in [6.07, 6.45) is 42.8. The molecule has 0 aliphatic heterocycles. The maximum absolute atomic E-state index is 12.6. The van der Waals surface area contributed by atoms with Crippen molar-refractivity contribution >= 4 is 19.8 Å². The fourth-order valence-corrected chi connectivity index (χ4v) is 7.28. The number of unbranched alkanes of at least 4 members (excludes halogenated alkanes) is 26. The molecule has 3 atom stereocenters. The molecule has 0 aliphatic rings. The van der Waals surface area contributed by atoms with E-state index in [2.05, 4.69) is 38.2 Å². The number of ether oxygens (including phenoxy) is 2. The van der Waals surface area contributed by atoms with E-state index < -0.39 is 51.8 Å². The standard InChI is InChI=1S/C46H87O10P/c1-3-5-7-9-11-13-15-17-19-21-22-24-25-27-29-31-33-35-37-45(49)53-41-44(42-55-57(51,52)54-40-43(48)39-47)56-46(50)38-36-34-32-30-28-26-23-20-18-16-14-12-10-8-6-4-2/h14,16,20,23,43-44,47-48H,3-13,15,17-19,21-22,24-42H2,1-2H3,(H,51,52)/b16-14-,23-20-. The average Bonchev–Trinajstić information content (AvgIpc) is 3.20. The molecule has 0 fully saturated rings. The summed E-state index contributed by atoms with van der Waals surface area (Å²) in [6.45, 7) is 2.38. The number of phosphoric acid groups is 1. The minimum Gasteiger partial charge on any atom is -0.462 e. The van der Waals surface area contributed by atoms with Gasteiger partial charge in [0, 0.05) is 12.8 Å². The maximum Gasteiger partial charge on any atom is 0.472 e. The van der Waals surface area contributed by atoms with Crippen LogP contribution in [0, 0.1) is 0 Å². The summed E-state index contributed by atoms with van der Waals surface area (Å²) in [5.74, 6) is -0.931. The van der Waals surface area contributed by atoms with Gasteiger partial charge in [0.2, 0.25) is 0 Å². The summed E-state index contributed by atoms with van der Waals surface area (Å²) < 4.78 is 32.8. The Kier molecular flexibility index (Phi) is 41.4. The topological polar surface area (TPSA) is 149 Å². The van der Waals surface area contributed by atoms with Gasteiger partial charge in [0.25, 0.3) is 0 Å². The summed E-state index contributed by atoms with van der Waals surface area (Å²) in [4.78, 5) is 35.0. The van der Waals surface area contributed by atoms with Crippen molar-refractivity contribution in [1.82, 2.24) is 0 Å². The number of aliphatic hydroxyl groups excluding tert-OH is 2. The number of carbonyl (C=O) groups excluding carboxylic acids is 2. The van der Waals surface area contributed by atoms with Crippen molar-refractivity contribution in [2.75, 3.05) is 26.4 Å². The molecule has 0 aromatic heterocycles. The molecule has 336 valence electrons. The Balaban J connectivity index is 4.24. The second kappa shape index (κ2) is 42.6. The van der Waals surface area contributed by atoms with E-state index in [9.17, 15) is 24.2 Å². The Hall–Kier alpha value is -1.55. The highest BCUT2D eigenvalue weighted by molar-refractivity contribution is 7.47. The van der Waals surface area contributed by atoms with Crippen LogP contribution >= 0.6 is 7.82 Å². The van der Waals surface area contributed by atoms with Gasteiger partial charge in [-0.1, -0.05) is 186 Å². The largest absolute Gasteiger partial charge is 0.472 e. The van der Waals surface area contributed by atoms with Crippen molar-refractivity contribution in [2.45, 2.75) is 232 Å². The predicted octanol–water partition coefficient (Wildman–Crippen LogP) is 12.6. The first-order valence-electron chi connectivity index (χ1n) is 23.3. The van der Waals surface area contributed by atoms with Gasteiger partial charge in [-0.3, -0.25) is 18.6 Å². The zero-order chi connectivity index (χ0) is 41.9. The van der Waals surface area contributed by atoms with Crippen LogP contribution < -0.4 is 0 Å². The Morgan fingerprint density at radius 3 is 1.37 bits per heavy atom. The highest BCUT2D eigenvalue weighted by atomic mass is 31.2. The lowest BCUT2D eigenvalue weighted by Gasteiger charge is -2.20. The molecule has 10 nitrogen and oxygen atoms in total. The average molecular weight is 831 g/mol. The zero-order valence-corrected chi connectivity index (χ0v) is 37.5. The van der Waals surface area contributed by atoms with Crippen LogP contribution in [-0.2, 0) is 32.7 Å². The van der Waals surface area contributed by atoms with E-state index in [1.54, 1.807) is 0 Å². The minimum atomic E-state index is -4.62. The van der Waals surface area contributed by atoms with Crippen LogP contribution in [0.15, 0.2) is 24.3 Å². The van der Waals surface area contributed by atoms with Gasteiger partial charge in [-0.2, -0.15) is 0 Å². The second-order valence-electron chi connectivity index (χ2n) is 15.8. The van der Waals surface area contributed by atoms with E-state index in [4.69, 9.17) is 23.6 Å². The molecule has 57 heavy (non-hydrogen) atoms. The molecule has 0 amide bonds. The smallest absolute Gasteiger partial charge is 0.462 e. The molecule has 0 bridgehead atoms. The van der Waals surface area contributed by atoms with Gasteiger partial charge in [0.15, 0.2) is 6.10 Å². The molecule has 0 saturated heterocycles. The molecule has 0 saturated carbocycles. The van der Waals surface area contributed by atoms with Gasteiger partial charge in [-0.05, 0) is 44.9 Å². The van der Waals surface area contributed by atoms with E-state index in [-0.39, 0.29) is 19.4 Å². The molecule has 0 heterocycles. The molecule has 11 heteroatoms. The van der Waals surface area contributed by atoms with E-state index in [1.807, 2.05) is 0 Å². The first kappa shape index (κ1) is 55.5. The van der Waals surface area contributed by atoms with Gasteiger partial charge in [0.1, 0.15) is 12.7 Å². The molecule has 0 aromatic rings. The number of esters is 2. The van der Waals surface area contributed by atoms with E-state index >= 15 is 0 Å². The lowest BCUT2D eigenvalue weighted by molar-refractivity contribution is -0.161. The number of allylic oxidation sites excluding steroid dienone is 4. The molecular formula is C46H87O10P. The number of carbonyl (C=O) groups is 2. The van der Waals surface area contributed by atoms with E-state index in [1.165, 1.54) is 122 Å². The molecule has 0 radical (unpaired) electrons. The Bertz CT molecular complexity index is 1000. The molecule has 0 spiro atoms. The second-order valence-corrected chi connectivity index (χ2v) is 17.2. The Morgan fingerprint density at radius 2 is 0.912 bits per heavy atom. The van der Waals surface area contributed by atoms with Crippen molar-refractivity contribution < 1.29 is 47.8 Å². The fraction of sp³-hybridized carbons (Fsp3) is 0.870. The molecule has 0 aromatic carbocycles. The molecular weight excluding hydrogens is 743 g/mol. The number of rotatable bonds is 44. The summed E-state index contributed by atoms with van der Waals surface area (Å²) in [6, 6.07) is 0. The highest BCUT2D eigenvalue weighted by Crippen LogP contribution is 2.43. The van der Waals surface area contributed by atoms with Crippen molar-refractivity contribution in [2.24, 2.45) is 0 Å². The van der Waals surface area contributed by atoms with Crippen LogP contribution in [0.25, 0.3) is 0 Å². The third kappa shape index (κ3) is 42.4. The normalized spacial score (nSPS) is 14.0. The molecule has 0 aliphatic carbocycles. The minimum absolute atomic E-state index is 0.171. The van der Waals surface area contributed by atoms with Crippen LogP contribution in [0.2, 0.25) is 0 Å². The Morgan fingerprint density at radius 1 is 0.526 bits per heavy atom.